The fourth-order valence-electron chi connectivity index (χ4n) is 9.72. The minimum atomic E-state index is 0.385. The smallest absolute Gasteiger partial charge is 0.162 e. The van der Waals surface area contributed by atoms with Crippen LogP contribution in [0.2, 0.25) is 0 Å². The second-order valence-electron chi connectivity index (χ2n) is 16.0. The van der Waals surface area contributed by atoms with E-state index in [2.05, 4.69) is 111 Å². The maximum absolute atomic E-state index is 12.2. The van der Waals surface area contributed by atoms with Crippen LogP contribution in [0.15, 0.2) is 201 Å². The van der Waals surface area contributed by atoms with Gasteiger partial charge in [-0.25, -0.2) is 24.9 Å². The molecule has 0 atom stereocenters. The van der Waals surface area contributed by atoms with Gasteiger partial charge in [-0.2, -0.15) is 5.26 Å². The second kappa shape index (κ2) is 14.4. The number of nitrogens with zero attached hydrogens (tertiary/aromatic N) is 9. The molecule has 9 nitrogen and oxygen atoms in total. The zero-order valence-electron chi connectivity index (χ0n) is 34.6. The number of fused-ring (bicyclic) bond motifs is 9. The fourth-order valence-corrected chi connectivity index (χ4v) is 9.72. The van der Waals surface area contributed by atoms with Gasteiger partial charge in [0.05, 0.1) is 45.0 Å². The highest BCUT2D eigenvalue weighted by molar-refractivity contribution is 6.12. The van der Waals surface area contributed by atoms with Gasteiger partial charge in [-0.1, -0.05) is 115 Å². The number of pyridine rings is 3. The fraction of sp³-hybridized carbons (Fsp3) is 0. The Morgan fingerprint density at radius 2 is 0.785 bits per heavy atom. The largest absolute Gasteiger partial charge is 0.292 e. The van der Waals surface area contributed by atoms with Gasteiger partial charge in [0.2, 0.25) is 0 Å². The van der Waals surface area contributed by atoms with E-state index in [4.69, 9.17) is 24.9 Å². The molecule has 13 rings (SSSR count). The van der Waals surface area contributed by atoms with Crippen LogP contribution in [0.3, 0.4) is 0 Å². The minimum absolute atomic E-state index is 0.385. The Morgan fingerprint density at radius 1 is 0.385 bits per heavy atom. The average molecular weight is 832 g/mol. The van der Waals surface area contributed by atoms with Crippen LogP contribution in [-0.2, 0) is 0 Å². The first-order valence-corrected chi connectivity index (χ1v) is 21.4. The summed E-state index contributed by atoms with van der Waals surface area (Å²) in [6.07, 6.45) is 5.44. The van der Waals surface area contributed by atoms with Gasteiger partial charge < -0.3 is 0 Å². The molecule has 0 bridgehead atoms. The molecule has 9 heteroatoms. The molecule has 6 aromatic carbocycles. The van der Waals surface area contributed by atoms with Crippen LogP contribution in [0.5, 0.6) is 0 Å². The molecule has 0 amide bonds. The maximum atomic E-state index is 12.2. The highest BCUT2D eigenvalue weighted by Gasteiger charge is 2.31. The van der Waals surface area contributed by atoms with Crippen molar-refractivity contribution in [3.8, 4) is 57.0 Å². The Labute approximate surface area is 371 Å². The lowest BCUT2D eigenvalue weighted by Gasteiger charge is -2.23. The van der Waals surface area contributed by atoms with E-state index >= 15 is 0 Å². The molecule has 0 saturated carbocycles. The predicted molar refractivity (Wildman–Crippen MR) is 259 cm³/mol. The van der Waals surface area contributed by atoms with Crippen molar-refractivity contribution in [3.05, 3.63) is 206 Å². The van der Waals surface area contributed by atoms with E-state index in [9.17, 15) is 5.26 Å². The van der Waals surface area contributed by atoms with Gasteiger partial charge >= 0.3 is 0 Å². The summed E-state index contributed by atoms with van der Waals surface area (Å²) in [5.74, 6) is 0.445. The first kappa shape index (κ1) is 36.4. The number of para-hydroxylation sites is 3. The van der Waals surface area contributed by atoms with Crippen molar-refractivity contribution in [2.45, 2.75) is 0 Å². The summed E-state index contributed by atoms with van der Waals surface area (Å²) in [7, 11) is 0. The lowest BCUT2D eigenvalue weighted by atomic mass is 10.00. The van der Waals surface area contributed by atoms with Crippen molar-refractivity contribution in [1.29, 1.82) is 5.26 Å². The van der Waals surface area contributed by atoms with E-state index in [1.165, 1.54) is 0 Å². The van der Waals surface area contributed by atoms with Crippen molar-refractivity contribution in [2.75, 3.05) is 0 Å². The average Bonchev–Trinajstić information content (AvgIpc) is 4.02. The van der Waals surface area contributed by atoms with Gasteiger partial charge in [-0.05, 0) is 66.7 Å². The highest BCUT2D eigenvalue weighted by Crippen LogP contribution is 2.45. The summed E-state index contributed by atoms with van der Waals surface area (Å²) in [5, 5.41) is 18.1. The van der Waals surface area contributed by atoms with E-state index in [-0.39, 0.29) is 0 Å². The SMILES string of the molecule is N#Cc1c(-n2c3ccccc3c3cccnc32)c(-c2nc(-c3ccccc3)cc(-c3ccccc3)n2)cc(-n2c3ccccc3c3cccnc32)c1-n1c2ccccc2c2cccnc21. The van der Waals surface area contributed by atoms with Crippen molar-refractivity contribution in [1.82, 2.24) is 38.6 Å². The number of benzene rings is 6. The molecule has 0 radical (unpaired) electrons. The topological polar surface area (TPSA) is 103 Å². The van der Waals surface area contributed by atoms with Crippen LogP contribution in [-0.4, -0.2) is 38.6 Å². The van der Waals surface area contributed by atoms with E-state index in [0.29, 0.717) is 45.3 Å². The molecular formula is C56H33N9. The molecule has 302 valence electrons. The Morgan fingerprint density at radius 3 is 1.26 bits per heavy atom. The zero-order valence-corrected chi connectivity index (χ0v) is 34.6. The lowest BCUT2D eigenvalue weighted by Crippen LogP contribution is -2.13. The van der Waals surface area contributed by atoms with E-state index in [1.54, 1.807) is 6.20 Å². The zero-order chi connectivity index (χ0) is 43.0. The van der Waals surface area contributed by atoms with Gasteiger partial charge in [-0.3, -0.25) is 13.7 Å². The van der Waals surface area contributed by atoms with Gasteiger partial charge in [0.25, 0.3) is 0 Å². The molecule has 0 aliphatic heterocycles. The third-order valence-electron chi connectivity index (χ3n) is 12.5. The molecule has 7 aromatic heterocycles. The molecule has 0 fully saturated rings. The van der Waals surface area contributed by atoms with E-state index < -0.39 is 0 Å². The molecule has 0 N–H and O–H groups in total. The van der Waals surface area contributed by atoms with E-state index in [1.807, 2.05) is 103 Å². The number of aromatic nitrogens is 8. The number of rotatable bonds is 6. The summed E-state index contributed by atoms with van der Waals surface area (Å²) in [6, 6.07) is 64.4. The molecule has 13 aromatic rings. The Hall–Kier alpha value is -9.26. The van der Waals surface area contributed by atoms with Crippen molar-refractivity contribution >= 4 is 65.8 Å². The first-order valence-electron chi connectivity index (χ1n) is 21.4. The summed E-state index contributed by atoms with van der Waals surface area (Å²) in [6.45, 7) is 0. The molecule has 65 heavy (non-hydrogen) atoms. The summed E-state index contributed by atoms with van der Waals surface area (Å²) >= 11 is 0. The molecule has 0 unspecified atom stereocenters. The van der Waals surface area contributed by atoms with E-state index in [0.717, 1.165) is 77.0 Å². The van der Waals surface area contributed by atoms with Crippen LogP contribution in [0.25, 0.3) is 117 Å². The van der Waals surface area contributed by atoms with Gasteiger partial charge in [0, 0.05) is 67.6 Å². The molecule has 0 spiro atoms. The minimum Gasteiger partial charge on any atom is -0.292 e. The number of nitriles is 1. The van der Waals surface area contributed by atoms with Gasteiger partial charge in [-0.15, -0.1) is 0 Å². The number of hydrogen-bond acceptors (Lipinski definition) is 6. The number of hydrogen-bond donors (Lipinski definition) is 0. The normalized spacial score (nSPS) is 11.7. The van der Waals surface area contributed by atoms with Crippen LogP contribution in [0.4, 0.5) is 0 Å². The molecule has 0 aliphatic carbocycles. The van der Waals surface area contributed by atoms with Gasteiger partial charge in [0.15, 0.2) is 5.82 Å². The summed E-state index contributed by atoms with van der Waals surface area (Å²) < 4.78 is 6.45. The quantitative estimate of drug-likeness (QED) is 0.165. The highest BCUT2D eigenvalue weighted by atomic mass is 15.1. The van der Waals surface area contributed by atoms with Crippen LogP contribution in [0, 0.1) is 11.3 Å². The van der Waals surface area contributed by atoms with Crippen molar-refractivity contribution in [2.24, 2.45) is 0 Å². The third-order valence-corrected chi connectivity index (χ3v) is 12.5. The second-order valence-corrected chi connectivity index (χ2v) is 16.0. The van der Waals surface area contributed by atoms with Gasteiger partial charge in [0.1, 0.15) is 28.6 Å². The third kappa shape index (κ3) is 5.48. The van der Waals surface area contributed by atoms with Crippen molar-refractivity contribution in [3.63, 3.8) is 0 Å². The molecule has 7 heterocycles. The predicted octanol–water partition coefficient (Wildman–Crippen LogP) is 12.8. The maximum Gasteiger partial charge on any atom is 0.162 e. The summed E-state index contributed by atoms with van der Waals surface area (Å²) in [4.78, 5) is 26.1. The Balaban J connectivity index is 1.29. The standard InChI is InChI=1S/C56H33N9/c57-34-44-51(64-48-27-11-8-21-38(48)41-24-14-30-59-55(41)64)43(53-61-45(35-16-3-1-4-17-35)33-46(62-53)36-18-5-2-6-19-36)32-50(63-47-26-10-7-20-37(47)40-23-13-29-58-54(40)63)52(44)65-49-28-12-9-22-39(49)42-25-15-31-60-56(42)65/h1-33H. The first-order chi connectivity index (χ1) is 32.2. The summed E-state index contributed by atoms with van der Waals surface area (Å²) in [5.41, 5.74) is 11.2. The Kier molecular flexibility index (Phi) is 8.07. The molecule has 0 saturated heterocycles. The Bertz CT molecular complexity index is 3860. The molecular weight excluding hydrogens is 799 g/mol. The van der Waals surface area contributed by atoms with Crippen LogP contribution >= 0.6 is 0 Å². The molecule has 0 aliphatic rings. The van der Waals surface area contributed by atoms with Crippen molar-refractivity contribution < 1.29 is 0 Å². The van der Waals surface area contributed by atoms with Crippen LogP contribution in [0.1, 0.15) is 5.56 Å². The van der Waals surface area contributed by atoms with Crippen LogP contribution < -0.4 is 0 Å². The monoisotopic (exact) mass is 831 g/mol. The lowest BCUT2D eigenvalue weighted by molar-refractivity contribution is 1.03.